The van der Waals surface area contributed by atoms with Gasteiger partial charge in [0.15, 0.2) is 0 Å². The summed E-state index contributed by atoms with van der Waals surface area (Å²) in [5.74, 6) is 7.68. The maximum atomic E-state index is 9.57. The van der Waals surface area contributed by atoms with Crippen LogP contribution in [0.4, 0.5) is 0 Å². The third-order valence-electron chi connectivity index (χ3n) is 41.2. The van der Waals surface area contributed by atoms with Gasteiger partial charge in [0.2, 0.25) is 0 Å². The molecule has 35 atom stereocenters. The Morgan fingerprint density at radius 1 is 0.360 bits per heavy atom. The Bertz CT molecular complexity index is 4530. The summed E-state index contributed by atoms with van der Waals surface area (Å²) in [5.41, 5.74) is 74.8. The van der Waals surface area contributed by atoms with Crippen molar-refractivity contribution in [1.29, 1.82) is 0 Å². The van der Waals surface area contributed by atoms with E-state index in [4.69, 9.17) is 93.0 Å². The van der Waals surface area contributed by atoms with Crippen LogP contribution < -0.4 is 17.2 Å². The van der Waals surface area contributed by atoms with Crippen LogP contribution in [0.1, 0.15) is 247 Å². The fraction of sp³-hybridized carbons (Fsp3) is 0.887. The number of rotatable bonds is 45. The fourth-order valence-corrected chi connectivity index (χ4v) is 34.8. The lowest BCUT2D eigenvalue weighted by atomic mass is 9.41. The van der Waals surface area contributed by atoms with E-state index in [0.717, 1.165) is 135 Å². The Morgan fingerprint density at radius 2 is 0.662 bits per heavy atom. The van der Waals surface area contributed by atoms with Crippen LogP contribution in [0.3, 0.4) is 0 Å². The van der Waals surface area contributed by atoms with Crippen LogP contribution >= 0.6 is 0 Å². The van der Waals surface area contributed by atoms with Crippen molar-refractivity contribution in [1.82, 2.24) is 9.80 Å². The van der Waals surface area contributed by atoms with Crippen LogP contribution in [0.25, 0.3) is 62.7 Å². The van der Waals surface area contributed by atoms with E-state index >= 15 is 0 Å². The maximum absolute atomic E-state index is 9.57. The summed E-state index contributed by atoms with van der Waals surface area (Å²) in [6, 6.07) is 22.9. The van der Waals surface area contributed by atoms with E-state index in [2.05, 4.69) is 207 Å². The molecule has 0 aliphatic heterocycles. The van der Waals surface area contributed by atoms with Crippen LogP contribution in [0.15, 0.2) is 91.3 Å². The Morgan fingerprint density at radius 3 is 1.01 bits per heavy atom. The monoisotopic (exact) mass is 1930 g/mol. The van der Waals surface area contributed by atoms with Gasteiger partial charge in [-0.3, -0.25) is 9.80 Å². The Hall–Kier alpha value is -6.30. The molecule has 33 nitrogen and oxygen atoms in total. The normalized spacial score (nSPS) is 40.9. The molecule has 772 valence electrons. The third-order valence-corrected chi connectivity index (χ3v) is 41.2. The SMILES string of the molecule is CN(Cc1ccccc1)C1CC[C@]1(C)[C@H]1CC[C@H]2[C@@H]3[C@H](OCCN)C[C@@H]4CC(OCCN)CC[C@]4(C)[C@H]3C[C@H](OCCN)[C@@]21C.CN(Cc1ccccc1)C1CC[C@]1(C)[C@H]1CC[C@H]2[C@@H]3[C@H](OCCN=[N+]=[N-])C[C@@H]4CC(OCCN=[N+]=[N-])CC[C@]4(C)[C@H]3C[C@H](OCCN=[N+]=[N-])[C@@]21C.C[C@H](CCCO)[C@H]1CC[C@H]2[C@@H]3[C@H](OCCN=[N+]=[N-])C[C@@H]4CC(OCCN=[N+]=[N-])CC[C@]4(C)[C@H]3C[C@H](OCCN=[N+]=[N-])[C@]12C. The minimum atomic E-state index is -0.0598. The highest BCUT2D eigenvalue weighted by atomic mass is 16.5. The number of nitrogens with two attached hydrogens (primary N) is 3. The van der Waals surface area contributed by atoms with Gasteiger partial charge in [-0.05, 0) is 354 Å². The lowest BCUT2D eigenvalue weighted by Crippen LogP contribution is -2.66. The number of ether oxygens (including phenoxy) is 9. The van der Waals surface area contributed by atoms with E-state index in [1.54, 1.807) is 0 Å². The summed E-state index contributed by atoms with van der Waals surface area (Å²) in [6.07, 6.45) is 31.0. The molecule has 5 unspecified atom stereocenters. The second kappa shape index (κ2) is 49.3. The molecule has 0 aromatic heterocycles. The zero-order chi connectivity index (χ0) is 98.8. The van der Waals surface area contributed by atoms with Crippen molar-refractivity contribution in [2.75, 3.05) is 139 Å². The largest absolute Gasteiger partial charge is 0.396 e. The topological polar surface area (TPSA) is 480 Å². The highest BCUT2D eigenvalue weighted by Crippen LogP contribution is 2.76. The smallest absolute Gasteiger partial charge is 0.0637 e. The highest BCUT2D eigenvalue weighted by Gasteiger charge is 2.74. The van der Waals surface area contributed by atoms with E-state index in [1.807, 2.05) is 0 Å². The number of aliphatic hydroxyl groups excluding tert-OH is 1. The molecule has 0 heterocycles. The lowest BCUT2D eigenvalue weighted by molar-refractivity contribution is -0.237. The molecule has 0 radical (unpaired) electrons. The first-order chi connectivity index (χ1) is 67.2. The van der Waals surface area contributed by atoms with Gasteiger partial charge in [0.25, 0.3) is 0 Å². The van der Waals surface area contributed by atoms with E-state index in [1.165, 1.54) is 62.5 Å². The van der Waals surface area contributed by atoms with Crippen molar-refractivity contribution in [2.45, 2.75) is 316 Å². The molecule has 14 aliphatic rings. The first-order valence-corrected chi connectivity index (χ1v) is 54.0. The molecule has 0 amide bonds. The molecule has 2 aromatic carbocycles. The number of benzene rings is 2. The van der Waals surface area contributed by atoms with Crippen molar-refractivity contribution in [3.8, 4) is 0 Å². The Labute approximate surface area is 828 Å². The Kier molecular flexibility index (Phi) is 38.4. The number of azide groups is 6. The van der Waals surface area contributed by atoms with Crippen LogP contribution in [0, 0.1) is 138 Å². The molecule has 2 aromatic rings. The fourth-order valence-electron chi connectivity index (χ4n) is 34.8. The summed E-state index contributed by atoms with van der Waals surface area (Å²) in [6.45, 7) is 33.2. The van der Waals surface area contributed by atoms with Gasteiger partial charge in [-0.25, -0.2) is 0 Å². The highest BCUT2D eigenvalue weighted by molar-refractivity contribution is 5.25. The first kappa shape index (κ1) is 108. The maximum Gasteiger partial charge on any atom is 0.0637 e. The third kappa shape index (κ3) is 22.7. The molecule has 7 N–H and O–H groups in total. The number of nitrogens with zero attached hydrogens (tertiary/aromatic N) is 20. The first-order valence-electron chi connectivity index (χ1n) is 54.0. The number of hydrogen-bond acceptors (Lipinski definition) is 21. The second-order valence-corrected chi connectivity index (χ2v) is 46.9. The average molecular weight is 1930 g/mol. The van der Waals surface area contributed by atoms with Crippen LogP contribution in [0.2, 0.25) is 0 Å². The van der Waals surface area contributed by atoms with E-state index in [0.29, 0.717) is 231 Å². The molecule has 139 heavy (non-hydrogen) atoms. The van der Waals surface area contributed by atoms with Gasteiger partial charge >= 0.3 is 0 Å². The number of fused-ring (bicyclic) bond motifs is 15. The minimum absolute atomic E-state index is 0.0500. The zero-order valence-electron chi connectivity index (χ0n) is 86.1. The zero-order valence-corrected chi connectivity index (χ0v) is 86.1. The molecule has 0 saturated heterocycles. The lowest BCUT2D eigenvalue weighted by Gasteiger charge is -2.66. The predicted octanol–water partition coefficient (Wildman–Crippen LogP) is 21.8. The molecular formula is C106H173N23O10. The van der Waals surface area contributed by atoms with E-state index < -0.39 is 0 Å². The summed E-state index contributed by atoms with van der Waals surface area (Å²) in [4.78, 5) is 22.9. The van der Waals surface area contributed by atoms with Gasteiger partial charge in [0, 0.05) is 136 Å². The molecule has 0 bridgehead atoms. The standard InChI is InChI=1S/C38H58N10O3.C38H64N4O3.C30H51N9O4/c1-36-14-12-28(49-19-16-42-45-39)22-27(36)23-31(50-20-17-43-46-40)35-29-10-11-32(38(29,3)34(24-30(35)36)51-21-18-44-47-41)37(2)15-13-33(37)48(4)25-26-8-6-5-7-9-26;1-36-14-12-28(43-19-16-39)22-27(36)23-31(44-20-17-40)35-29-10-11-32(38(29,3)34(24-30(35)36)45-21-18-41)37(2)15-13-33(37)42(4)25-26-8-6-5-7-9-26;1-20(5-4-13-40)23-6-7-24-28-25(19-27(30(23,24)3)43-16-12-36-39-33)29(2)9-8-22(41-14-10-34-37-31)17-21(29)18-26(28)42-15-11-35-38-32/h5-9,27-35H,10-25H2,1-4H3;5-9,27-35H,10-25,39-41H2,1-4H3;20-28,40H,4-19H2,1-3H3/t2*27-,28?,29-,30-,31+,32+,33?,34-,35-,36-,37+,38-;20-,21+,22?,23-,24+,25+,26-,27+,28+,29+,30-/m001/s1. The summed E-state index contributed by atoms with van der Waals surface area (Å²) in [7, 11) is 4.66. The summed E-state index contributed by atoms with van der Waals surface area (Å²) < 4.78 is 59.6. The van der Waals surface area contributed by atoms with Gasteiger partial charge < -0.3 is 64.9 Å². The van der Waals surface area contributed by atoms with Gasteiger partial charge in [-0.1, -0.05) is 154 Å². The quantitative estimate of drug-likeness (QED) is 0.0207. The van der Waals surface area contributed by atoms with E-state index in [9.17, 15) is 5.11 Å². The molecular weight excluding hydrogens is 1760 g/mol. The second-order valence-electron chi connectivity index (χ2n) is 46.9. The van der Waals surface area contributed by atoms with Crippen molar-refractivity contribution in [2.24, 2.45) is 186 Å². The molecule has 0 spiro atoms. The predicted molar refractivity (Wildman–Crippen MR) is 540 cm³/mol. The molecule has 33 heteroatoms. The molecule has 16 rings (SSSR count). The molecule has 14 saturated carbocycles. The van der Waals surface area contributed by atoms with Crippen molar-refractivity contribution in [3.63, 3.8) is 0 Å². The van der Waals surface area contributed by atoms with Crippen LogP contribution in [-0.2, 0) is 55.7 Å². The minimum Gasteiger partial charge on any atom is -0.396 e. The van der Waals surface area contributed by atoms with Crippen molar-refractivity contribution in [3.05, 3.63) is 134 Å². The van der Waals surface area contributed by atoms with Gasteiger partial charge in [-0.2, -0.15) is 0 Å². The molecule has 14 aliphatic carbocycles. The number of hydrogen-bond donors (Lipinski definition) is 4. The summed E-state index contributed by atoms with van der Waals surface area (Å²) >= 11 is 0. The average Bonchev–Trinajstić information content (AvgIpc) is 1.58. The van der Waals surface area contributed by atoms with Gasteiger partial charge in [0.1, 0.15) is 0 Å². The van der Waals surface area contributed by atoms with Gasteiger partial charge in [0.05, 0.1) is 114 Å². The molecule has 14 fully saturated rings. The summed E-state index contributed by atoms with van der Waals surface area (Å²) in [5, 5.41) is 32.1. The van der Waals surface area contributed by atoms with E-state index in [-0.39, 0.29) is 98.8 Å². The van der Waals surface area contributed by atoms with Crippen LogP contribution in [-0.4, -0.2) is 221 Å². The Balaban J connectivity index is 0.000000167. The number of aliphatic hydroxyl groups is 1. The van der Waals surface area contributed by atoms with Gasteiger partial charge in [-0.15, -0.1) is 0 Å². The van der Waals surface area contributed by atoms with Crippen LogP contribution in [0.5, 0.6) is 0 Å². The van der Waals surface area contributed by atoms with Crippen molar-refractivity contribution < 1.29 is 47.7 Å². The van der Waals surface area contributed by atoms with Crippen molar-refractivity contribution >= 4 is 0 Å².